The van der Waals surface area contributed by atoms with Gasteiger partial charge in [-0.25, -0.2) is 9.18 Å². The standard InChI is InChI=1S/C19H26FN5O5/c1-29-12-18(27)24-6-4-23(5-7-24)16-3-2-13(8-15(16)20)25-11-14(30-19(25)28)10-22-17(26)9-21/h2-3,8,14H,4-7,9-12,21H2,1H3,(H,22,26). The Morgan fingerprint density at radius 2 is 2.03 bits per heavy atom. The minimum atomic E-state index is -0.598. The molecule has 11 heteroatoms. The van der Waals surface area contributed by atoms with Crippen LogP contribution in [-0.2, 0) is 19.1 Å². The van der Waals surface area contributed by atoms with Crippen molar-refractivity contribution in [1.82, 2.24) is 10.2 Å². The number of cyclic esters (lactones) is 1. The zero-order valence-corrected chi connectivity index (χ0v) is 16.8. The second-order valence-corrected chi connectivity index (χ2v) is 7.06. The number of nitrogens with one attached hydrogen (secondary N) is 1. The van der Waals surface area contributed by atoms with Gasteiger partial charge >= 0.3 is 6.09 Å². The largest absolute Gasteiger partial charge is 0.442 e. The highest BCUT2D eigenvalue weighted by Gasteiger charge is 2.33. The number of piperazine rings is 1. The molecule has 30 heavy (non-hydrogen) atoms. The molecule has 2 aliphatic heterocycles. The van der Waals surface area contributed by atoms with E-state index in [2.05, 4.69) is 5.32 Å². The lowest BCUT2D eigenvalue weighted by molar-refractivity contribution is -0.135. The van der Waals surface area contributed by atoms with Crippen LogP contribution in [0, 0.1) is 5.82 Å². The summed E-state index contributed by atoms with van der Waals surface area (Å²) >= 11 is 0. The van der Waals surface area contributed by atoms with Crippen LogP contribution in [0.15, 0.2) is 18.2 Å². The number of carbonyl (C=O) groups excluding carboxylic acids is 3. The number of methoxy groups -OCH3 is 1. The number of halogens is 1. The molecule has 2 saturated heterocycles. The number of hydrogen-bond acceptors (Lipinski definition) is 7. The fraction of sp³-hybridized carbons (Fsp3) is 0.526. The van der Waals surface area contributed by atoms with E-state index >= 15 is 0 Å². The number of carbonyl (C=O) groups is 3. The maximum atomic E-state index is 14.8. The molecule has 3 rings (SSSR count). The van der Waals surface area contributed by atoms with Gasteiger partial charge in [-0.15, -0.1) is 0 Å². The molecule has 2 heterocycles. The predicted octanol–water partition coefficient (Wildman–Crippen LogP) is -0.479. The molecule has 1 unspecified atom stereocenters. The Morgan fingerprint density at radius 3 is 2.67 bits per heavy atom. The van der Waals surface area contributed by atoms with E-state index in [1.54, 1.807) is 17.0 Å². The average molecular weight is 423 g/mol. The van der Waals surface area contributed by atoms with Gasteiger partial charge in [0.1, 0.15) is 18.5 Å². The van der Waals surface area contributed by atoms with E-state index in [4.69, 9.17) is 15.2 Å². The summed E-state index contributed by atoms with van der Waals surface area (Å²) in [4.78, 5) is 40.2. The Bertz CT molecular complexity index is 800. The summed E-state index contributed by atoms with van der Waals surface area (Å²) in [7, 11) is 1.47. The Kier molecular flexibility index (Phi) is 7.06. The lowest BCUT2D eigenvalue weighted by Crippen LogP contribution is -2.50. The van der Waals surface area contributed by atoms with Crippen LogP contribution in [0.1, 0.15) is 0 Å². The van der Waals surface area contributed by atoms with Gasteiger partial charge in [-0.2, -0.15) is 0 Å². The molecule has 1 aromatic carbocycles. The Labute approximate surface area is 173 Å². The van der Waals surface area contributed by atoms with E-state index in [1.165, 1.54) is 18.1 Å². The van der Waals surface area contributed by atoms with Gasteiger partial charge in [0.2, 0.25) is 11.8 Å². The number of rotatable bonds is 7. The molecule has 164 valence electrons. The van der Waals surface area contributed by atoms with E-state index in [9.17, 15) is 18.8 Å². The molecule has 0 spiro atoms. The second-order valence-electron chi connectivity index (χ2n) is 7.06. The zero-order chi connectivity index (χ0) is 21.7. The number of ether oxygens (including phenoxy) is 2. The second kappa shape index (κ2) is 9.72. The lowest BCUT2D eigenvalue weighted by Gasteiger charge is -2.36. The van der Waals surface area contributed by atoms with Gasteiger partial charge in [0.25, 0.3) is 0 Å². The number of anilines is 2. The van der Waals surface area contributed by atoms with Gasteiger partial charge < -0.3 is 30.3 Å². The van der Waals surface area contributed by atoms with E-state index in [-0.39, 0.29) is 38.1 Å². The molecule has 2 fully saturated rings. The van der Waals surface area contributed by atoms with E-state index in [0.717, 1.165) is 0 Å². The molecule has 1 atom stereocenters. The van der Waals surface area contributed by atoms with Crippen LogP contribution in [0.5, 0.6) is 0 Å². The van der Waals surface area contributed by atoms with Gasteiger partial charge in [0.05, 0.1) is 31.0 Å². The molecule has 1 aromatic rings. The van der Waals surface area contributed by atoms with Gasteiger partial charge in [-0.1, -0.05) is 0 Å². The van der Waals surface area contributed by atoms with Crippen LogP contribution in [-0.4, -0.2) is 88.4 Å². The van der Waals surface area contributed by atoms with Crippen molar-refractivity contribution in [1.29, 1.82) is 0 Å². The summed E-state index contributed by atoms with van der Waals surface area (Å²) in [6.07, 6.45) is -1.13. The maximum absolute atomic E-state index is 14.8. The third-order valence-corrected chi connectivity index (χ3v) is 5.07. The fourth-order valence-corrected chi connectivity index (χ4v) is 3.47. The third-order valence-electron chi connectivity index (χ3n) is 5.07. The molecule has 10 nitrogen and oxygen atoms in total. The number of hydrogen-bond donors (Lipinski definition) is 2. The minimum Gasteiger partial charge on any atom is -0.442 e. The van der Waals surface area contributed by atoms with Gasteiger partial charge in [-0.3, -0.25) is 14.5 Å². The van der Waals surface area contributed by atoms with Crippen molar-refractivity contribution in [2.75, 3.05) is 69.3 Å². The van der Waals surface area contributed by atoms with Crippen LogP contribution >= 0.6 is 0 Å². The first-order valence-electron chi connectivity index (χ1n) is 9.69. The first kappa shape index (κ1) is 21.8. The number of benzene rings is 1. The van der Waals surface area contributed by atoms with Crippen molar-refractivity contribution in [2.24, 2.45) is 5.73 Å². The molecule has 0 bridgehead atoms. The fourth-order valence-electron chi connectivity index (χ4n) is 3.47. The monoisotopic (exact) mass is 423 g/mol. The zero-order valence-electron chi connectivity index (χ0n) is 16.8. The van der Waals surface area contributed by atoms with E-state index < -0.39 is 18.0 Å². The van der Waals surface area contributed by atoms with Gasteiger partial charge in [0.15, 0.2) is 0 Å². The summed E-state index contributed by atoms with van der Waals surface area (Å²) in [5.41, 5.74) is 6.02. The van der Waals surface area contributed by atoms with Crippen LogP contribution in [0.4, 0.5) is 20.6 Å². The van der Waals surface area contributed by atoms with Crippen molar-refractivity contribution in [3.8, 4) is 0 Å². The number of amides is 3. The summed E-state index contributed by atoms with van der Waals surface area (Å²) in [6.45, 7) is 2.20. The van der Waals surface area contributed by atoms with Gasteiger partial charge in [-0.05, 0) is 18.2 Å². The molecule has 3 N–H and O–H groups in total. The Balaban J connectivity index is 1.60. The van der Waals surface area contributed by atoms with Crippen molar-refractivity contribution in [3.63, 3.8) is 0 Å². The first-order chi connectivity index (χ1) is 14.4. The van der Waals surface area contributed by atoms with Crippen LogP contribution < -0.4 is 20.9 Å². The van der Waals surface area contributed by atoms with E-state index in [1.807, 2.05) is 4.90 Å². The summed E-state index contributed by atoms with van der Waals surface area (Å²) in [5, 5.41) is 2.57. The van der Waals surface area contributed by atoms with E-state index in [0.29, 0.717) is 37.6 Å². The van der Waals surface area contributed by atoms with Gasteiger partial charge in [0, 0.05) is 33.3 Å². The van der Waals surface area contributed by atoms with Crippen molar-refractivity contribution in [3.05, 3.63) is 24.0 Å². The van der Waals surface area contributed by atoms with Crippen molar-refractivity contribution in [2.45, 2.75) is 6.10 Å². The quantitative estimate of drug-likeness (QED) is 0.608. The predicted molar refractivity (Wildman–Crippen MR) is 107 cm³/mol. The molecule has 0 aromatic heterocycles. The highest BCUT2D eigenvalue weighted by molar-refractivity contribution is 5.90. The summed E-state index contributed by atoms with van der Waals surface area (Å²) in [6, 6.07) is 4.57. The molecule has 2 aliphatic rings. The summed E-state index contributed by atoms with van der Waals surface area (Å²) in [5.74, 6) is -0.890. The normalized spacial score (nSPS) is 19.1. The molecule has 0 saturated carbocycles. The van der Waals surface area contributed by atoms with Crippen molar-refractivity contribution >= 4 is 29.3 Å². The average Bonchev–Trinajstić information content (AvgIpc) is 3.12. The Morgan fingerprint density at radius 1 is 1.30 bits per heavy atom. The van der Waals surface area contributed by atoms with Crippen LogP contribution in [0.2, 0.25) is 0 Å². The maximum Gasteiger partial charge on any atom is 0.414 e. The SMILES string of the molecule is COCC(=O)N1CCN(c2ccc(N3CC(CNC(=O)CN)OC3=O)cc2F)CC1. The molecule has 0 radical (unpaired) electrons. The lowest BCUT2D eigenvalue weighted by atomic mass is 10.2. The van der Waals surface area contributed by atoms with Crippen molar-refractivity contribution < 1.29 is 28.2 Å². The third kappa shape index (κ3) is 4.97. The smallest absolute Gasteiger partial charge is 0.414 e. The summed E-state index contributed by atoms with van der Waals surface area (Å²) < 4.78 is 24.9. The van der Waals surface area contributed by atoms with Crippen LogP contribution in [0.25, 0.3) is 0 Å². The molecule has 3 amide bonds. The molecular formula is C19H26FN5O5. The molecule has 0 aliphatic carbocycles. The number of nitrogens with zero attached hydrogens (tertiary/aromatic N) is 3. The highest BCUT2D eigenvalue weighted by Crippen LogP contribution is 2.28. The molecular weight excluding hydrogens is 397 g/mol. The topological polar surface area (TPSA) is 117 Å². The Hall–Kier alpha value is -2.92. The first-order valence-corrected chi connectivity index (χ1v) is 9.69. The minimum absolute atomic E-state index is 0.0336. The number of nitrogens with two attached hydrogens (primary N) is 1. The highest BCUT2D eigenvalue weighted by atomic mass is 19.1. The van der Waals surface area contributed by atoms with Crippen LogP contribution in [0.3, 0.4) is 0 Å².